The molecule has 1 aromatic rings. The van der Waals surface area contributed by atoms with E-state index in [1.165, 1.54) is 6.07 Å². The molecule has 0 atom stereocenters. The molecule has 0 saturated carbocycles. The van der Waals surface area contributed by atoms with E-state index in [1.54, 1.807) is 23.1 Å². The molecule has 0 fully saturated rings. The average Bonchev–Trinajstić information content (AvgIpc) is 2.33. The molecule has 1 N–H and O–H groups in total. The van der Waals surface area contributed by atoms with Crippen LogP contribution in [0.2, 0.25) is 0 Å². The molecule has 0 aliphatic rings. The highest BCUT2D eigenvalue weighted by molar-refractivity contribution is 5.76. The molecule has 3 nitrogen and oxygen atoms in total. The third-order valence-corrected chi connectivity index (χ3v) is 2.64. The number of carbonyl (C=O) groups excluding carboxylic acids is 1. The minimum atomic E-state index is -0.289. The van der Waals surface area contributed by atoms with Crippen molar-refractivity contribution >= 4 is 11.6 Å². The molecule has 0 bridgehead atoms. The van der Waals surface area contributed by atoms with Gasteiger partial charge in [0, 0.05) is 26.1 Å². The number of carbonyl (C=O) groups is 1. The Hall–Kier alpha value is -1.58. The zero-order chi connectivity index (χ0) is 12.7. The first-order chi connectivity index (χ1) is 8.19. The van der Waals surface area contributed by atoms with Crippen molar-refractivity contribution in [3.63, 3.8) is 0 Å². The summed E-state index contributed by atoms with van der Waals surface area (Å²) in [7, 11) is 0. The van der Waals surface area contributed by atoms with Gasteiger partial charge in [-0.2, -0.15) is 0 Å². The van der Waals surface area contributed by atoms with E-state index in [2.05, 4.69) is 5.32 Å². The minimum Gasteiger partial charge on any atom is -0.382 e. The largest absolute Gasteiger partial charge is 0.382 e. The summed E-state index contributed by atoms with van der Waals surface area (Å²) in [5.41, 5.74) is 0.444. The van der Waals surface area contributed by atoms with Crippen LogP contribution < -0.4 is 5.32 Å². The molecule has 0 spiro atoms. The first kappa shape index (κ1) is 13.5. The quantitative estimate of drug-likeness (QED) is 0.825. The Bertz CT molecular complexity index is 364. The summed E-state index contributed by atoms with van der Waals surface area (Å²) in [6.07, 6.45) is 0.385. The number of hydrogen-bond donors (Lipinski definition) is 1. The Labute approximate surface area is 102 Å². The van der Waals surface area contributed by atoms with Gasteiger partial charge in [-0.05, 0) is 26.0 Å². The van der Waals surface area contributed by atoms with Crippen LogP contribution in [-0.2, 0) is 4.79 Å². The second kappa shape index (κ2) is 6.89. The van der Waals surface area contributed by atoms with Crippen LogP contribution in [-0.4, -0.2) is 30.4 Å². The molecule has 94 valence electrons. The number of halogens is 1. The molecule has 0 saturated heterocycles. The first-order valence-corrected chi connectivity index (χ1v) is 5.95. The van der Waals surface area contributed by atoms with Crippen molar-refractivity contribution in [1.82, 2.24) is 4.90 Å². The minimum absolute atomic E-state index is 0.0961. The van der Waals surface area contributed by atoms with E-state index < -0.39 is 0 Å². The Balaban J connectivity index is 2.38. The number of rotatable bonds is 6. The third-order valence-electron chi connectivity index (χ3n) is 2.64. The van der Waals surface area contributed by atoms with E-state index in [0.717, 1.165) is 13.1 Å². The molecule has 0 aliphatic carbocycles. The van der Waals surface area contributed by atoms with E-state index in [4.69, 9.17) is 0 Å². The highest BCUT2D eigenvalue weighted by atomic mass is 19.1. The fourth-order valence-electron chi connectivity index (χ4n) is 1.64. The van der Waals surface area contributed by atoms with Gasteiger partial charge in [-0.3, -0.25) is 4.79 Å². The lowest BCUT2D eigenvalue weighted by molar-refractivity contribution is -0.130. The van der Waals surface area contributed by atoms with Crippen molar-refractivity contribution in [3.8, 4) is 0 Å². The maximum atomic E-state index is 13.2. The van der Waals surface area contributed by atoms with E-state index in [9.17, 15) is 9.18 Å². The zero-order valence-electron chi connectivity index (χ0n) is 10.4. The van der Waals surface area contributed by atoms with Crippen LogP contribution in [0.1, 0.15) is 20.3 Å². The molecule has 17 heavy (non-hydrogen) atoms. The topological polar surface area (TPSA) is 32.3 Å². The SMILES string of the molecule is CCN(CC)C(=O)CCNc1ccccc1F. The van der Waals surface area contributed by atoms with E-state index >= 15 is 0 Å². The van der Waals surface area contributed by atoms with Crippen LogP contribution in [0.5, 0.6) is 0 Å². The van der Waals surface area contributed by atoms with Gasteiger partial charge in [0.2, 0.25) is 5.91 Å². The zero-order valence-corrected chi connectivity index (χ0v) is 10.4. The van der Waals surface area contributed by atoms with Gasteiger partial charge in [-0.25, -0.2) is 4.39 Å². The number of hydrogen-bond acceptors (Lipinski definition) is 2. The van der Waals surface area contributed by atoms with Gasteiger partial charge in [-0.1, -0.05) is 12.1 Å². The number of nitrogens with one attached hydrogen (secondary N) is 1. The van der Waals surface area contributed by atoms with Gasteiger partial charge >= 0.3 is 0 Å². The monoisotopic (exact) mass is 238 g/mol. The second-order valence-electron chi connectivity index (χ2n) is 3.72. The smallest absolute Gasteiger partial charge is 0.224 e. The molecule has 0 aliphatic heterocycles. The predicted octanol–water partition coefficient (Wildman–Crippen LogP) is 2.50. The molecule has 1 rings (SSSR count). The lowest BCUT2D eigenvalue weighted by Crippen LogP contribution is -2.31. The van der Waals surface area contributed by atoms with Crippen LogP contribution in [0, 0.1) is 5.82 Å². The Kier molecular flexibility index (Phi) is 5.46. The van der Waals surface area contributed by atoms with Crippen molar-refractivity contribution < 1.29 is 9.18 Å². The summed E-state index contributed by atoms with van der Waals surface area (Å²) in [6.45, 7) is 5.79. The van der Waals surface area contributed by atoms with Crippen molar-refractivity contribution in [2.75, 3.05) is 25.0 Å². The van der Waals surface area contributed by atoms with Gasteiger partial charge in [0.1, 0.15) is 5.82 Å². The van der Waals surface area contributed by atoms with Gasteiger partial charge < -0.3 is 10.2 Å². The van der Waals surface area contributed by atoms with Crippen LogP contribution in [0.25, 0.3) is 0 Å². The first-order valence-electron chi connectivity index (χ1n) is 5.95. The molecule has 0 unspecified atom stereocenters. The molecular weight excluding hydrogens is 219 g/mol. The van der Waals surface area contributed by atoms with Crippen LogP contribution >= 0.6 is 0 Å². The van der Waals surface area contributed by atoms with E-state index in [1.807, 2.05) is 13.8 Å². The van der Waals surface area contributed by atoms with Gasteiger partial charge in [-0.15, -0.1) is 0 Å². The molecular formula is C13H19FN2O. The number of nitrogens with zero attached hydrogens (tertiary/aromatic N) is 1. The predicted molar refractivity (Wildman–Crippen MR) is 67.4 cm³/mol. The fraction of sp³-hybridized carbons (Fsp3) is 0.462. The van der Waals surface area contributed by atoms with Crippen molar-refractivity contribution in [2.24, 2.45) is 0 Å². The maximum absolute atomic E-state index is 13.2. The normalized spacial score (nSPS) is 10.1. The molecule has 1 aromatic carbocycles. The molecule has 0 aromatic heterocycles. The van der Waals surface area contributed by atoms with Gasteiger partial charge in [0.15, 0.2) is 0 Å². The number of benzene rings is 1. The number of para-hydroxylation sites is 1. The van der Waals surface area contributed by atoms with Crippen molar-refractivity contribution in [3.05, 3.63) is 30.1 Å². The van der Waals surface area contributed by atoms with Gasteiger partial charge in [0.05, 0.1) is 5.69 Å². The standard InChI is InChI=1S/C13H19FN2O/c1-3-16(4-2)13(17)9-10-15-12-8-6-5-7-11(12)14/h5-8,15H,3-4,9-10H2,1-2H3. The summed E-state index contributed by atoms with van der Waals surface area (Å²) in [6, 6.07) is 6.46. The Morgan fingerprint density at radius 1 is 1.29 bits per heavy atom. The fourth-order valence-corrected chi connectivity index (χ4v) is 1.64. The van der Waals surface area contributed by atoms with E-state index in [0.29, 0.717) is 18.7 Å². The molecule has 1 amide bonds. The Morgan fingerprint density at radius 2 is 1.94 bits per heavy atom. The summed E-state index contributed by atoms with van der Waals surface area (Å²) in [5, 5.41) is 2.92. The van der Waals surface area contributed by atoms with Crippen molar-refractivity contribution in [1.29, 1.82) is 0 Å². The van der Waals surface area contributed by atoms with Crippen LogP contribution in [0.3, 0.4) is 0 Å². The molecule has 4 heteroatoms. The summed E-state index contributed by atoms with van der Waals surface area (Å²) >= 11 is 0. The summed E-state index contributed by atoms with van der Waals surface area (Å²) in [4.78, 5) is 13.4. The second-order valence-corrected chi connectivity index (χ2v) is 3.72. The third kappa shape index (κ3) is 4.06. The molecule has 0 radical (unpaired) electrons. The maximum Gasteiger partial charge on any atom is 0.224 e. The number of amides is 1. The lowest BCUT2D eigenvalue weighted by Gasteiger charge is -2.18. The molecule has 0 heterocycles. The highest BCUT2D eigenvalue weighted by Crippen LogP contribution is 2.12. The van der Waals surface area contributed by atoms with E-state index in [-0.39, 0.29) is 11.7 Å². The summed E-state index contributed by atoms with van der Waals surface area (Å²) in [5.74, 6) is -0.193. The number of anilines is 1. The Morgan fingerprint density at radius 3 is 2.53 bits per heavy atom. The van der Waals surface area contributed by atoms with Crippen LogP contribution in [0.15, 0.2) is 24.3 Å². The van der Waals surface area contributed by atoms with Crippen molar-refractivity contribution in [2.45, 2.75) is 20.3 Å². The van der Waals surface area contributed by atoms with Crippen LogP contribution in [0.4, 0.5) is 10.1 Å². The lowest BCUT2D eigenvalue weighted by atomic mass is 10.3. The van der Waals surface area contributed by atoms with Gasteiger partial charge in [0.25, 0.3) is 0 Å². The highest BCUT2D eigenvalue weighted by Gasteiger charge is 2.08. The average molecular weight is 238 g/mol. The summed E-state index contributed by atoms with van der Waals surface area (Å²) < 4.78 is 13.2.